The van der Waals surface area contributed by atoms with Crippen molar-refractivity contribution in [3.8, 4) is 0 Å². The number of carbonyl (C=O) groups is 1. The van der Waals surface area contributed by atoms with E-state index in [-0.39, 0.29) is 11.7 Å². The molecule has 1 fully saturated rings. The van der Waals surface area contributed by atoms with Gasteiger partial charge < -0.3 is 10.4 Å². The Balaban J connectivity index is 0.000000360. The van der Waals surface area contributed by atoms with Gasteiger partial charge in [-0.1, -0.05) is 0 Å². The van der Waals surface area contributed by atoms with Gasteiger partial charge in [-0.2, -0.15) is 13.2 Å². The Morgan fingerprint density at radius 3 is 2.11 bits per heavy atom. The number of halogens is 3. The lowest BCUT2D eigenvalue weighted by Gasteiger charge is -2.34. The number of aliphatic carboxylic acids is 1. The average molecular weight is 292 g/mol. The molecule has 6 nitrogen and oxygen atoms in total. The van der Waals surface area contributed by atoms with Crippen molar-refractivity contribution in [1.82, 2.24) is 10.0 Å². The fraction of sp³-hybridized carbons (Fsp3) is 0.875. The maximum Gasteiger partial charge on any atom is 0.490 e. The lowest BCUT2D eigenvalue weighted by atomic mass is 9.96. The highest BCUT2D eigenvalue weighted by atomic mass is 32.2. The Morgan fingerprint density at radius 2 is 1.94 bits per heavy atom. The van der Waals surface area contributed by atoms with Crippen LogP contribution in [0.25, 0.3) is 0 Å². The molecule has 1 rings (SSSR count). The minimum atomic E-state index is -5.08. The van der Waals surface area contributed by atoms with E-state index in [1.54, 1.807) is 0 Å². The van der Waals surface area contributed by atoms with Gasteiger partial charge in [-0.15, -0.1) is 0 Å². The minimum absolute atomic E-state index is 0.248. The molecule has 2 atom stereocenters. The molecule has 1 saturated heterocycles. The van der Waals surface area contributed by atoms with Crippen LogP contribution in [0.3, 0.4) is 0 Å². The molecule has 18 heavy (non-hydrogen) atoms. The smallest absolute Gasteiger partial charge is 0.475 e. The van der Waals surface area contributed by atoms with Crippen LogP contribution in [0.2, 0.25) is 0 Å². The fourth-order valence-electron chi connectivity index (χ4n) is 1.09. The van der Waals surface area contributed by atoms with Crippen LogP contribution in [0, 0.1) is 5.92 Å². The van der Waals surface area contributed by atoms with Crippen LogP contribution in [0.5, 0.6) is 0 Å². The van der Waals surface area contributed by atoms with Crippen LogP contribution in [0.1, 0.15) is 6.92 Å². The predicted octanol–water partition coefficient (Wildman–Crippen LogP) is -0.223. The number of carboxylic acids is 1. The Bertz CT molecular complexity index is 382. The maximum absolute atomic E-state index is 11.0. The van der Waals surface area contributed by atoms with Crippen LogP contribution in [0.15, 0.2) is 0 Å². The molecule has 3 N–H and O–H groups in total. The van der Waals surface area contributed by atoms with E-state index in [4.69, 9.17) is 9.90 Å². The van der Waals surface area contributed by atoms with Gasteiger partial charge in [0.25, 0.3) is 0 Å². The van der Waals surface area contributed by atoms with Gasteiger partial charge in [0, 0.05) is 18.5 Å². The molecule has 1 aliphatic rings. The molecule has 0 aromatic rings. The van der Waals surface area contributed by atoms with Gasteiger partial charge in [-0.05, 0) is 14.0 Å². The van der Waals surface area contributed by atoms with E-state index in [2.05, 4.69) is 10.0 Å². The van der Waals surface area contributed by atoms with Crippen molar-refractivity contribution in [3.63, 3.8) is 0 Å². The normalized spacial score (nSPS) is 23.6. The number of sulfonamides is 1. The van der Waals surface area contributed by atoms with Crippen molar-refractivity contribution in [2.24, 2.45) is 5.92 Å². The summed E-state index contributed by atoms with van der Waals surface area (Å²) in [5.74, 6) is -2.22. The first-order valence-electron chi connectivity index (χ1n) is 4.94. The van der Waals surface area contributed by atoms with E-state index < -0.39 is 22.2 Å². The van der Waals surface area contributed by atoms with E-state index in [1.165, 1.54) is 7.05 Å². The first-order chi connectivity index (χ1) is 7.99. The highest BCUT2D eigenvalue weighted by Gasteiger charge is 2.38. The lowest BCUT2D eigenvalue weighted by Crippen LogP contribution is -2.54. The monoisotopic (exact) mass is 292 g/mol. The summed E-state index contributed by atoms with van der Waals surface area (Å²) in [5, 5.41) is 10.2. The standard InChI is InChI=1S/C6H14N2O2S.C2HF3O2/c1-5-6(3-8-5)4-11(9,10)7-2;3-2(4,5)1(6)7/h5-8H,3-4H2,1-2H3;(H,6,7)/t5-,6-;/m1./s1. The summed E-state index contributed by atoms with van der Waals surface area (Å²) >= 11 is 0. The molecular formula is C8H15F3N2O4S. The fourth-order valence-corrected chi connectivity index (χ4v) is 2.23. The van der Waals surface area contributed by atoms with Crippen LogP contribution < -0.4 is 10.0 Å². The highest BCUT2D eigenvalue weighted by Crippen LogP contribution is 2.14. The third-order valence-electron chi connectivity index (χ3n) is 2.40. The zero-order valence-electron chi connectivity index (χ0n) is 9.78. The van der Waals surface area contributed by atoms with Crippen LogP contribution >= 0.6 is 0 Å². The second-order valence-corrected chi connectivity index (χ2v) is 5.72. The van der Waals surface area contributed by atoms with E-state index in [9.17, 15) is 21.6 Å². The molecule has 0 amide bonds. The van der Waals surface area contributed by atoms with Gasteiger partial charge in [0.1, 0.15) is 0 Å². The third kappa shape index (κ3) is 6.17. The summed E-state index contributed by atoms with van der Waals surface area (Å²) in [7, 11) is -1.55. The van der Waals surface area contributed by atoms with Gasteiger partial charge >= 0.3 is 12.1 Å². The summed E-state index contributed by atoms with van der Waals surface area (Å²) in [6, 6.07) is 0.345. The SMILES string of the molecule is CNS(=O)(=O)C[C@H]1CN[C@@H]1C.O=C(O)C(F)(F)F. The van der Waals surface area contributed by atoms with E-state index in [1.807, 2.05) is 6.92 Å². The number of alkyl halides is 3. The van der Waals surface area contributed by atoms with Gasteiger partial charge in [-0.25, -0.2) is 17.9 Å². The molecule has 0 unspecified atom stereocenters. The molecule has 1 heterocycles. The van der Waals surface area contributed by atoms with Crippen molar-refractivity contribution >= 4 is 16.0 Å². The number of rotatable bonds is 3. The van der Waals surface area contributed by atoms with Gasteiger partial charge in [0.05, 0.1) is 5.75 Å². The van der Waals surface area contributed by atoms with E-state index in [0.29, 0.717) is 6.04 Å². The minimum Gasteiger partial charge on any atom is -0.475 e. The number of carboxylic acid groups (broad SMARTS) is 1. The highest BCUT2D eigenvalue weighted by molar-refractivity contribution is 7.89. The number of hydrogen-bond donors (Lipinski definition) is 3. The molecule has 108 valence electrons. The summed E-state index contributed by atoms with van der Waals surface area (Å²) in [4.78, 5) is 8.90. The lowest BCUT2D eigenvalue weighted by molar-refractivity contribution is -0.192. The molecule has 0 aromatic carbocycles. The molecule has 0 radical (unpaired) electrons. The summed E-state index contributed by atoms with van der Waals surface area (Å²) in [5.41, 5.74) is 0. The second-order valence-electron chi connectivity index (χ2n) is 3.75. The Labute approximate surface area is 103 Å². The first kappa shape index (κ1) is 17.1. The molecule has 0 bridgehead atoms. The number of nitrogens with one attached hydrogen (secondary N) is 2. The zero-order valence-corrected chi connectivity index (χ0v) is 10.6. The van der Waals surface area contributed by atoms with Crippen molar-refractivity contribution in [1.29, 1.82) is 0 Å². The van der Waals surface area contributed by atoms with Gasteiger partial charge in [0.15, 0.2) is 0 Å². The van der Waals surface area contributed by atoms with E-state index >= 15 is 0 Å². The van der Waals surface area contributed by atoms with Gasteiger partial charge in [0.2, 0.25) is 10.0 Å². The molecule has 1 aliphatic heterocycles. The summed E-state index contributed by atoms with van der Waals surface area (Å²) < 4.78 is 56.1. The Morgan fingerprint density at radius 1 is 1.50 bits per heavy atom. The maximum atomic E-state index is 11.0. The molecule has 10 heteroatoms. The zero-order chi connectivity index (χ0) is 14.6. The predicted molar refractivity (Wildman–Crippen MR) is 57.5 cm³/mol. The molecule has 0 aromatic heterocycles. The van der Waals surface area contributed by atoms with Crippen molar-refractivity contribution in [2.45, 2.75) is 19.1 Å². The quantitative estimate of drug-likeness (QED) is 0.668. The van der Waals surface area contributed by atoms with Crippen LogP contribution in [-0.2, 0) is 14.8 Å². The van der Waals surface area contributed by atoms with Crippen molar-refractivity contribution in [2.75, 3.05) is 19.3 Å². The van der Waals surface area contributed by atoms with E-state index in [0.717, 1.165) is 6.54 Å². The third-order valence-corrected chi connectivity index (χ3v) is 3.89. The summed E-state index contributed by atoms with van der Waals surface area (Å²) in [6.45, 7) is 2.82. The van der Waals surface area contributed by atoms with Crippen LogP contribution in [0.4, 0.5) is 13.2 Å². The molecule has 0 aliphatic carbocycles. The molecular weight excluding hydrogens is 277 g/mol. The van der Waals surface area contributed by atoms with Crippen molar-refractivity contribution < 1.29 is 31.5 Å². The van der Waals surface area contributed by atoms with Crippen LogP contribution in [-0.4, -0.2) is 51.1 Å². The number of hydrogen-bond acceptors (Lipinski definition) is 4. The molecule has 0 spiro atoms. The topological polar surface area (TPSA) is 95.5 Å². The second kappa shape index (κ2) is 6.34. The first-order valence-corrected chi connectivity index (χ1v) is 6.59. The largest absolute Gasteiger partial charge is 0.490 e. The van der Waals surface area contributed by atoms with Crippen molar-refractivity contribution in [3.05, 3.63) is 0 Å². The van der Waals surface area contributed by atoms with Gasteiger partial charge in [-0.3, -0.25) is 0 Å². The average Bonchev–Trinajstić information content (AvgIpc) is 2.24. The molecule has 0 saturated carbocycles. The summed E-state index contributed by atoms with van der Waals surface area (Å²) in [6.07, 6.45) is -5.08. The Hall–Kier alpha value is -0.870. The Kier molecular flexibility index (Phi) is 6.04.